The average molecular weight is 372 g/mol. The fraction of sp³-hybridized carbons (Fsp3) is 0.682. The van der Waals surface area contributed by atoms with E-state index < -0.39 is 0 Å². The minimum absolute atomic E-state index is 0.0380. The fourth-order valence-electron chi connectivity index (χ4n) is 6.40. The molecular weight excluding hydrogens is 342 g/mol. The molecule has 0 N–H and O–H groups in total. The predicted octanol–water partition coefficient (Wildman–Crippen LogP) is 4.57. The van der Waals surface area contributed by atoms with Gasteiger partial charge in [0.1, 0.15) is 12.6 Å². The molecule has 1 unspecified atom stereocenters. The van der Waals surface area contributed by atoms with Crippen LogP contribution in [0.3, 0.4) is 0 Å². The first kappa shape index (κ1) is 18.1. The molecule has 140 valence electrons. The van der Waals surface area contributed by atoms with Crippen LogP contribution in [0.25, 0.3) is 0 Å². The SMILES string of the molecule is C=C1CC[C@H]2[C@H](C=O)[C@@H]([C@@]3(C)Cc4sc(C)nc4C[C@@H]3C=O)CCC12C. The van der Waals surface area contributed by atoms with Gasteiger partial charge in [0.05, 0.1) is 10.7 Å². The van der Waals surface area contributed by atoms with E-state index in [0.717, 1.165) is 55.5 Å². The molecule has 2 fully saturated rings. The van der Waals surface area contributed by atoms with Gasteiger partial charge in [-0.3, -0.25) is 0 Å². The van der Waals surface area contributed by atoms with Crippen LogP contribution in [-0.4, -0.2) is 17.6 Å². The number of rotatable bonds is 3. The summed E-state index contributed by atoms with van der Waals surface area (Å²) in [7, 11) is 0. The van der Waals surface area contributed by atoms with Crippen molar-refractivity contribution in [3.63, 3.8) is 0 Å². The quantitative estimate of drug-likeness (QED) is 0.578. The molecule has 1 heterocycles. The van der Waals surface area contributed by atoms with Gasteiger partial charge in [0.15, 0.2) is 0 Å². The van der Waals surface area contributed by atoms with Crippen LogP contribution < -0.4 is 0 Å². The van der Waals surface area contributed by atoms with Crippen molar-refractivity contribution >= 4 is 23.9 Å². The highest BCUT2D eigenvalue weighted by molar-refractivity contribution is 7.11. The Morgan fingerprint density at radius 3 is 2.65 bits per heavy atom. The van der Waals surface area contributed by atoms with E-state index in [0.29, 0.717) is 5.92 Å². The second kappa shape index (κ2) is 6.12. The van der Waals surface area contributed by atoms with Crippen LogP contribution in [0.15, 0.2) is 12.2 Å². The van der Waals surface area contributed by atoms with E-state index in [2.05, 4.69) is 25.4 Å². The zero-order chi connectivity index (χ0) is 18.7. The molecule has 0 amide bonds. The molecule has 0 aromatic carbocycles. The molecular formula is C22H29NO2S. The van der Waals surface area contributed by atoms with Crippen LogP contribution in [-0.2, 0) is 22.4 Å². The first-order chi connectivity index (χ1) is 12.3. The van der Waals surface area contributed by atoms with E-state index in [1.54, 1.807) is 11.3 Å². The van der Waals surface area contributed by atoms with Gasteiger partial charge in [0.2, 0.25) is 0 Å². The number of aromatic nitrogens is 1. The Hall–Kier alpha value is -1.29. The maximum Gasteiger partial charge on any atom is 0.124 e. The molecule has 1 aromatic rings. The van der Waals surface area contributed by atoms with Gasteiger partial charge in [0, 0.05) is 23.1 Å². The van der Waals surface area contributed by atoms with Crippen LogP contribution >= 0.6 is 11.3 Å². The summed E-state index contributed by atoms with van der Waals surface area (Å²) >= 11 is 1.77. The molecule has 0 radical (unpaired) electrons. The molecule has 4 heteroatoms. The maximum atomic E-state index is 12.3. The topological polar surface area (TPSA) is 47.0 Å². The molecule has 4 rings (SSSR count). The highest BCUT2D eigenvalue weighted by atomic mass is 32.1. The molecule has 2 saturated carbocycles. The van der Waals surface area contributed by atoms with Crippen molar-refractivity contribution in [3.05, 3.63) is 27.7 Å². The van der Waals surface area contributed by atoms with Gasteiger partial charge in [0.25, 0.3) is 0 Å². The number of allylic oxidation sites excluding steroid dienone is 1. The molecule has 0 saturated heterocycles. The van der Waals surface area contributed by atoms with Crippen molar-refractivity contribution < 1.29 is 9.59 Å². The van der Waals surface area contributed by atoms with Crippen molar-refractivity contribution in [1.29, 1.82) is 0 Å². The standard InChI is InChI=1S/C22H29NO2S/c1-13-5-6-17-16(12-25)18(7-8-21(13,17)3)22(4)10-20-19(9-15(22)11-24)23-14(2)26-20/h11-12,15-18H,1,5-10H2,2-4H3/t15-,16+,17+,18+,21?,22+/m1/s1. The Kier molecular flexibility index (Phi) is 4.26. The average Bonchev–Trinajstić information content (AvgIpc) is 3.11. The maximum absolute atomic E-state index is 12.3. The molecule has 3 nitrogen and oxygen atoms in total. The van der Waals surface area contributed by atoms with E-state index in [4.69, 9.17) is 0 Å². The Bertz CT molecular complexity index is 768. The lowest BCUT2D eigenvalue weighted by Gasteiger charge is -2.53. The number of fused-ring (bicyclic) bond motifs is 2. The first-order valence-corrected chi connectivity index (χ1v) is 10.7. The minimum Gasteiger partial charge on any atom is -0.303 e. The molecule has 3 aliphatic rings. The third kappa shape index (κ3) is 2.41. The van der Waals surface area contributed by atoms with Gasteiger partial charge in [-0.2, -0.15) is 0 Å². The zero-order valence-electron chi connectivity index (χ0n) is 16.1. The number of aldehydes is 2. The van der Waals surface area contributed by atoms with Gasteiger partial charge in [-0.05, 0) is 61.7 Å². The van der Waals surface area contributed by atoms with Crippen LogP contribution in [0.1, 0.15) is 55.1 Å². The number of hydrogen-bond acceptors (Lipinski definition) is 4. The van der Waals surface area contributed by atoms with Gasteiger partial charge < -0.3 is 9.59 Å². The fourth-order valence-corrected chi connectivity index (χ4v) is 7.54. The summed E-state index contributed by atoms with van der Waals surface area (Å²) in [5.74, 6) is 0.656. The second-order valence-corrected chi connectivity index (χ2v) is 10.5. The Morgan fingerprint density at radius 2 is 1.96 bits per heavy atom. The summed E-state index contributed by atoms with van der Waals surface area (Å²) in [4.78, 5) is 30.3. The molecule has 0 spiro atoms. The molecule has 0 aliphatic heterocycles. The Labute approximate surface area is 160 Å². The van der Waals surface area contributed by atoms with Crippen LogP contribution in [0.4, 0.5) is 0 Å². The molecule has 26 heavy (non-hydrogen) atoms. The third-order valence-corrected chi connectivity index (χ3v) is 9.16. The number of carbonyl (C=O) groups excluding carboxylic acids is 2. The Balaban J connectivity index is 1.72. The Morgan fingerprint density at radius 1 is 1.19 bits per heavy atom. The van der Waals surface area contributed by atoms with E-state index in [-0.39, 0.29) is 28.6 Å². The highest BCUT2D eigenvalue weighted by Crippen LogP contribution is 2.62. The van der Waals surface area contributed by atoms with E-state index in [1.165, 1.54) is 16.7 Å². The largest absolute Gasteiger partial charge is 0.303 e. The molecule has 3 aliphatic carbocycles. The van der Waals surface area contributed by atoms with Crippen molar-refractivity contribution in [1.82, 2.24) is 4.98 Å². The van der Waals surface area contributed by atoms with Crippen LogP contribution in [0, 0.1) is 41.4 Å². The summed E-state index contributed by atoms with van der Waals surface area (Å²) < 4.78 is 0. The summed E-state index contributed by atoms with van der Waals surface area (Å²) in [6.45, 7) is 10.9. The second-order valence-electron chi connectivity index (χ2n) is 9.26. The number of aryl methyl sites for hydroxylation is 1. The smallest absolute Gasteiger partial charge is 0.124 e. The van der Waals surface area contributed by atoms with Crippen LogP contribution in [0.2, 0.25) is 0 Å². The van der Waals surface area contributed by atoms with Crippen LogP contribution in [0.5, 0.6) is 0 Å². The monoisotopic (exact) mass is 371 g/mol. The van der Waals surface area contributed by atoms with Crippen molar-refractivity contribution in [2.75, 3.05) is 0 Å². The van der Waals surface area contributed by atoms with E-state index in [1.807, 2.05) is 6.92 Å². The first-order valence-electron chi connectivity index (χ1n) is 9.87. The summed E-state index contributed by atoms with van der Waals surface area (Å²) in [5, 5.41) is 1.08. The lowest BCUT2D eigenvalue weighted by Crippen LogP contribution is -2.51. The van der Waals surface area contributed by atoms with Gasteiger partial charge in [-0.15, -0.1) is 11.3 Å². The molecule has 6 atom stereocenters. The van der Waals surface area contributed by atoms with E-state index in [9.17, 15) is 9.59 Å². The highest BCUT2D eigenvalue weighted by Gasteiger charge is 2.57. The van der Waals surface area contributed by atoms with Crippen molar-refractivity contribution in [2.24, 2.45) is 34.5 Å². The number of nitrogens with zero attached hydrogens (tertiary/aromatic N) is 1. The zero-order valence-corrected chi connectivity index (χ0v) is 16.9. The molecule has 0 bridgehead atoms. The number of thiazole rings is 1. The van der Waals surface area contributed by atoms with Gasteiger partial charge in [-0.1, -0.05) is 26.0 Å². The van der Waals surface area contributed by atoms with Gasteiger partial charge in [-0.25, -0.2) is 4.98 Å². The molecule has 1 aromatic heterocycles. The predicted molar refractivity (Wildman–Crippen MR) is 104 cm³/mol. The normalized spacial score (nSPS) is 42.2. The number of hydrogen-bond donors (Lipinski definition) is 0. The summed E-state index contributed by atoms with van der Waals surface area (Å²) in [5.41, 5.74) is 2.40. The lowest BCUT2D eigenvalue weighted by molar-refractivity contribution is -0.129. The minimum atomic E-state index is -0.148. The number of carbonyl (C=O) groups is 2. The summed E-state index contributed by atoms with van der Waals surface area (Å²) in [6.07, 6.45) is 8.21. The lowest BCUT2D eigenvalue weighted by atomic mass is 9.50. The van der Waals surface area contributed by atoms with Crippen molar-refractivity contribution in [2.45, 2.75) is 59.3 Å². The van der Waals surface area contributed by atoms with E-state index >= 15 is 0 Å². The summed E-state index contributed by atoms with van der Waals surface area (Å²) in [6, 6.07) is 0. The van der Waals surface area contributed by atoms with Crippen molar-refractivity contribution in [3.8, 4) is 0 Å². The third-order valence-electron chi connectivity index (χ3n) is 8.14. The van der Waals surface area contributed by atoms with Gasteiger partial charge >= 0.3 is 0 Å².